The lowest BCUT2D eigenvalue weighted by Crippen LogP contribution is -2.65. The number of nitrogens with one attached hydrogen (secondary N) is 1. The summed E-state index contributed by atoms with van der Waals surface area (Å²) in [7, 11) is 0. The van der Waals surface area contributed by atoms with Crippen molar-refractivity contribution in [3.63, 3.8) is 0 Å². The minimum absolute atomic E-state index is 0.213. The van der Waals surface area contributed by atoms with E-state index >= 15 is 0 Å². The third kappa shape index (κ3) is 3.26. The smallest absolute Gasteiger partial charge is 0.219 e. The van der Waals surface area contributed by atoms with E-state index in [1.54, 1.807) is 6.92 Å². The molecule has 1 heterocycles. The van der Waals surface area contributed by atoms with Crippen LogP contribution in [0.3, 0.4) is 0 Å². The molecule has 0 aromatic carbocycles. The fourth-order valence-corrected chi connectivity index (χ4v) is 4.26. The topological polar surface area (TPSA) is 41.6 Å². The van der Waals surface area contributed by atoms with Gasteiger partial charge in [-0.25, -0.2) is 0 Å². The Bertz CT molecular complexity index is 347. The zero-order valence-electron chi connectivity index (χ0n) is 14.2. The first-order valence-electron chi connectivity index (χ1n) is 8.70. The Morgan fingerprint density at radius 2 is 1.86 bits per heavy atom. The van der Waals surface area contributed by atoms with E-state index in [0.29, 0.717) is 23.6 Å². The fraction of sp³-hybridized carbons (Fsp3) is 0.941. The van der Waals surface area contributed by atoms with Gasteiger partial charge in [-0.15, -0.1) is 0 Å². The average molecular weight is 296 g/mol. The Morgan fingerprint density at radius 3 is 2.33 bits per heavy atom. The van der Waals surface area contributed by atoms with Gasteiger partial charge in [0.15, 0.2) is 0 Å². The van der Waals surface area contributed by atoms with Crippen LogP contribution < -0.4 is 5.32 Å². The van der Waals surface area contributed by atoms with E-state index in [9.17, 15) is 4.79 Å². The van der Waals surface area contributed by atoms with Gasteiger partial charge in [-0.05, 0) is 39.0 Å². The highest BCUT2D eigenvalue weighted by Crippen LogP contribution is 2.49. The van der Waals surface area contributed by atoms with Crippen LogP contribution in [0.2, 0.25) is 0 Å². The van der Waals surface area contributed by atoms with Crippen molar-refractivity contribution in [1.29, 1.82) is 0 Å². The van der Waals surface area contributed by atoms with Crippen molar-refractivity contribution < 1.29 is 9.53 Å². The number of amides is 1. The molecule has 0 radical (unpaired) electrons. The number of likely N-dealkylation sites (tertiary alicyclic amines) is 1. The number of piperidine rings is 1. The summed E-state index contributed by atoms with van der Waals surface area (Å²) in [5.74, 6) is 0.213. The molecule has 21 heavy (non-hydrogen) atoms. The van der Waals surface area contributed by atoms with Crippen LogP contribution in [0.25, 0.3) is 0 Å². The molecule has 1 aliphatic carbocycles. The summed E-state index contributed by atoms with van der Waals surface area (Å²) in [6.07, 6.45) is 6.09. The minimum Gasteiger partial charge on any atom is -0.378 e. The molecule has 4 heteroatoms. The average Bonchev–Trinajstić information content (AvgIpc) is 2.48. The van der Waals surface area contributed by atoms with Crippen molar-refractivity contribution in [3.05, 3.63) is 0 Å². The molecule has 0 aromatic rings. The SMILES string of the molecule is CCOC1CC(NC2CCN(C(C)=O)CC2)C1(CC)CC. The van der Waals surface area contributed by atoms with Crippen molar-refractivity contribution in [3.8, 4) is 0 Å². The number of rotatable bonds is 6. The maximum atomic E-state index is 11.4. The van der Waals surface area contributed by atoms with E-state index in [1.165, 1.54) is 12.8 Å². The minimum atomic E-state index is 0.213. The van der Waals surface area contributed by atoms with Gasteiger partial charge in [-0.1, -0.05) is 13.8 Å². The maximum absolute atomic E-state index is 11.4. The van der Waals surface area contributed by atoms with Gasteiger partial charge < -0.3 is 15.0 Å². The maximum Gasteiger partial charge on any atom is 0.219 e. The van der Waals surface area contributed by atoms with E-state index in [0.717, 1.165) is 39.0 Å². The number of carbonyl (C=O) groups excluding carboxylic acids is 1. The highest BCUT2D eigenvalue weighted by Gasteiger charge is 2.53. The van der Waals surface area contributed by atoms with Crippen LogP contribution in [0.5, 0.6) is 0 Å². The van der Waals surface area contributed by atoms with Crippen LogP contribution in [-0.2, 0) is 9.53 Å². The van der Waals surface area contributed by atoms with E-state index in [1.807, 2.05) is 4.90 Å². The van der Waals surface area contributed by atoms with Gasteiger partial charge in [0.05, 0.1) is 6.10 Å². The molecular weight excluding hydrogens is 264 g/mol. The third-order valence-corrected chi connectivity index (χ3v) is 5.85. The van der Waals surface area contributed by atoms with Crippen LogP contribution in [0, 0.1) is 5.41 Å². The van der Waals surface area contributed by atoms with Crippen molar-refractivity contribution >= 4 is 5.91 Å². The molecule has 2 fully saturated rings. The summed E-state index contributed by atoms with van der Waals surface area (Å²) < 4.78 is 5.95. The lowest BCUT2D eigenvalue weighted by atomic mass is 9.58. The summed E-state index contributed by atoms with van der Waals surface area (Å²) >= 11 is 0. The van der Waals surface area contributed by atoms with E-state index in [-0.39, 0.29) is 5.91 Å². The van der Waals surface area contributed by atoms with Crippen LogP contribution in [0.4, 0.5) is 0 Å². The molecule has 2 aliphatic rings. The Kier molecular flexibility index (Phi) is 5.67. The van der Waals surface area contributed by atoms with Crippen molar-refractivity contribution in [2.45, 2.75) is 78.0 Å². The molecule has 2 rings (SSSR count). The van der Waals surface area contributed by atoms with Gasteiger partial charge in [-0.2, -0.15) is 0 Å². The Morgan fingerprint density at radius 1 is 1.24 bits per heavy atom. The molecule has 1 N–H and O–H groups in total. The van der Waals surface area contributed by atoms with E-state index in [2.05, 4.69) is 26.1 Å². The molecular formula is C17H32N2O2. The third-order valence-electron chi connectivity index (χ3n) is 5.85. The zero-order chi connectivity index (χ0) is 15.5. The van der Waals surface area contributed by atoms with E-state index < -0.39 is 0 Å². The lowest BCUT2D eigenvalue weighted by Gasteiger charge is -2.57. The first-order valence-corrected chi connectivity index (χ1v) is 8.70. The summed E-state index contributed by atoms with van der Waals surface area (Å²) in [6, 6.07) is 1.14. The predicted molar refractivity (Wildman–Crippen MR) is 85.2 cm³/mol. The normalized spacial score (nSPS) is 29.2. The van der Waals surface area contributed by atoms with Crippen molar-refractivity contribution in [2.75, 3.05) is 19.7 Å². The van der Waals surface area contributed by atoms with Crippen LogP contribution in [0.15, 0.2) is 0 Å². The first kappa shape index (κ1) is 16.8. The zero-order valence-corrected chi connectivity index (χ0v) is 14.2. The molecule has 0 aromatic heterocycles. The summed E-state index contributed by atoms with van der Waals surface area (Å²) in [6.45, 7) is 11.0. The van der Waals surface area contributed by atoms with Gasteiger partial charge >= 0.3 is 0 Å². The first-order chi connectivity index (χ1) is 10.1. The lowest BCUT2D eigenvalue weighted by molar-refractivity contribution is -0.141. The van der Waals surface area contributed by atoms with Crippen molar-refractivity contribution in [1.82, 2.24) is 10.2 Å². The molecule has 1 aliphatic heterocycles. The van der Waals surface area contributed by atoms with Gasteiger partial charge in [-0.3, -0.25) is 4.79 Å². The molecule has 2 unspecified atom stereocenters. The number of hydrogen-bond donors (Lipinski definition) is 1. The number of carbonyl (C=O) groups is 1. The van der Waals surface area contributed by atoms with Crippen LogP contribution in [-0.4, -0.2) is 48.7 Å². The van der Waals surface area contributed by atoms with Gasteiger partial charge in [0.1, 0.15) is 0 Å². The molecule has 0 spiro atoms. The molecule has 4 nitrogen and oxygen atoms in total. The number of hydrogen-bond acceptors (Lipinski definition) is 3. The summed E-state index contributed by atoms with van der Waals surface area (Å²) in [5, 5.41) is 3.88. The van der Waals surface area contributed by atoms with Crippen molar-refractivity contribution in [2.24, 2.45) is 5.41 Å². The number of nitrogens with zero attached hydrogens (tertiary/aromatic N) is 1. The highest BCUT2D eigenvalue weighted by molar-refractivity contribution is 5.73. The highest BCUT2D eigenvalue weighted by atomic mass is 16.5. The van der Waals surface area contributed by atoms with E-state index in [4.69, 9.17) is 4.74 Å². The van der Waals surface area contributed by atoms with Gasteiger partial charge in [0.25, 0.3) is 0 Å². The predicted octanol–water partition coefficient (Wildman–Crippen LogP) is 2.57. The Hall–Kier alpha value is -0.610. The Labute approximate surface area is 129 Å². The molecule has 1 saturated heterocycles. The quantitative estimate of drug-likeness (QED) is 0.819. The second-order valence-electron chi connectivity index (χ2n) is 6.62. The van der Waals surface area contributed by atoms with Crippen LogP contribution in [0.1, 0.15) is 59.8 Å². The molecule has 1 amide bonds. The standard InChI is InChI=1S/C17H32N2O2/c1-5-17(6-2)15(12-16(17)21-7-3)18-14-8-10-19(11-9-14)13(4)20/h14-16,18H,5-12H2,1-4H3. The van der Waals surface area contributed by atoms with Gasteiger partial charge in [0.2, 0.25) is 5.91 Å². The second-order valence-corrected chi connectivity index (χ2v) is 6.62. The Balaban J connectivity index is 1.87. The summed E-state index contributed by atoms with van der Waals surface area (Å²) in [4.78, 5) is 13.4. The second kappa shape index (κ2) is 7.10. The monoisotopic (exact) mass is 296 g/mol. The fourth-order valence-electron chi connectivity index (χ4n) is 4.26. The molecule has 122 valence electrons. The largest absolute Gasteiger partial charge is 0.378 e. The molecule has 1 saturated carbocycles. The van der Waals surface area contributed by atoms with Gasteiger partial charge in [0, 0.05) is 44.1 Å². The molecule has 0 bridgehead atoms. The summed E-state index contributed by atoms with van der Waals surface area (Å²) in [5.41, 5.74) is 0.313. The van der Waals surface area contributed by atoms with Crippen LogP contribution >= 0.6 is 0 Å². The molecule has 2 atom stereocenters. The number of ether oxygens (including phenoxy) is 1.